The van der Waals surface area contributed by atoms with Crippen molar-refractivity contribution in [2.45, 2.75) is 40.3 Å². The number of nitrogens with zero attached hydrogens (tertiary/aromatic N) is 4. The van der Waals surface area contributed by atoms with E-state index in [1.165, 1.54) is 0 Å². The normalized spacial score (nSPS) is 11.5. The molecule has 0 spiro atoms. The van der Waals surface area contributed by atoms with Crippen molar-refractivity contribution in [3.63, 3.8) is 0 Å². The Labute approximate surface area is 205 Å². The summed E-state index contributed by atoms with van der Waals surface area (Å²) in [7, 11) is 1.65. The van der Waals surface area contributed by atoms with E-state index in [0.29, 0.717) is 30.5 Å². The molecule has 6 nitrogen and oxygen atoms in total. The van der Waals surface area contributed by atoms with Gasteiger partial charge in [0, 0.05) is 48.9 Å². The SMILES string of the molecule is COCCN(Cc1cc(C)n(-c2ccccc2)c1C)C(=O)c1ccc2c(c1)nc(Cl)n2C(C)C. The number of amides is 1. The number of halogens is 1. The van der Waals surface area contributed by atoms with E-state index >= 15 is 0 Å². The highest BCUT2D eigenvalue weighted by atomic mass is 35.5. The Morgan fingerprint density at radius 1 is 1.12 bits per heavy atom. The van der Waals surface area contributed by atoms with E-state index in [-0.39, 0.29) is 11.9 Å². The third kappa shape index (κ3) is 4.61. The number of hydrogen-bond acceptors (Lipinski definition) is 3. The minimum absolute atomic E-state index is 0.0568. The molecule has 2 aromatic carbocycles. The van der Waals surface area contributed by atoms with Crippen LogP contribution >= 0.6 is 11.6 Å². The number of carbonyl (C=O) groups excluding carboxylic acids is 1. The van der Waals surface area contributed by atoms with Crippen LogP contribution in [0.4, 0.5) is 0 Å². The number of para-hydroxylation sites is 1. The second kappa shape index (κ2) is 10.0. The zero-order valence-electron chi connectivity index (χ0n) is 20.4. The van der Waals surface area contributed by atoms with Crippen LogP contribution in [0.25, 0.3) is 16.7 Å². The summed E-state index contributed by atoms with van der Waals surface area (Å²) in [6.07, 6.45) is 0. The van der Waals surface area contributed by atoms with Crippen LogP contribution in [0.2, 0.25) is 5.28 Å². The quantitative estimate of drug-likeness (QED) is 0.313. The van der Waals surface area contributed by atoms with Crippen molar-refractivity contribution in [3.8, 4) is 5.69 Å². The lowest BCUT2D eigenvalue weighted by Crippen LogP contribution is -2.33. The number of rotatable bonds is 8. The number of aromatic nitrogens is 3. The number of fused-ring (bicyclic) bond motifs is 1. The predicted octanol–water partition coefficient (Wildman–Crippen LogP) is 5.97. The van der Waals surface area contributed by atoms with Crippen LogP contribution in [0, 0.1) is 13.8 Å². The molecule has 178 valence electrons. The number of aryl methyl sites for hydroxylation is 1. The van der Waals surface area contributed by atoms with Gasteiger partial charge in [0.05, 0.1) is 17.6 Å². The van der Waals surface area contributed by atoms with Crippen LogP contribution < -0.4 is 0 Å². The van der Waals surface area contributed by atoms with Gasteiger partial charge in [0.25, 0.3) is 5.91 Å². The molecule has 0 saturated heterocycles. The first kappa shape index (κ1) is 24.0. The van der Waals surface area contributed by atoms with E-state index in [4.69, 9.17) is 16.3 Å². The zero-order chi connectivity index (χ0) is 24.4. The van der Waals surface area contributed by atoms with Gasteiger partial charge >= 0.3 is 0 Å². The number of ether oxygens (including phenoxy) is 1. The Bertz CT molecular complexity index is 1310. The summed E-state index contributed by atoms with van der Waals surface area (Å²) in [5, 5.41) is 0.430. The number of benzene rings is 2. The van der Waals surface area contributed by atoms with E-state index in [1.807, 2.05) is 45.9 Å². The van der Waals surface area contributed by atoms with Crippen LogP contribution in [0.15, 0.2) is 54.6 Å². The molecule has 0 saturated carbocycles. The Morgan fingerprint density at radius 2 is 1.85 bits per heavy atom. The van der Waals surface area contributed by atoms with E-state index in [9.17, 15) is 4.79 Å². The second-order valence-electron chi connectivity index (χ2n) is 8.83. The van der Waals surface area contributed by atoms with Gasteiger partial charge in [-0.05, 0) is 81.3 Å². The number of methoxy groups -OCH3 is 1. The van der Waals surface area contributed by atoms with Gasteiger partial charge in [-0.15, -0.1) is 0 Å². The monoisotopic (exact) mass is 478 g/mol. The maximum absolute atomic E-state index is 13.6. The van der Waals surface area contributed by atoms with Crippen LogP contribution in [0.1, 0.15) is 47.2 Å². The summed E-state index contributed by atoms with van der Waals surface area (Å²) < 4.78 is 9.50. The molecule has 4 rings (SSSR count). The lowest BCUT2D eigenvalue weighted by Gasteiger charge is -2.23. The van der Waals surface area contributed by atoms with Gasteiger partial charge in [-0.25, -0.2) is 4.98 Å². The zero-order valence-corrected chi connectivity index (χ0v) is 21.1. The molecular formula is C27H31ClN4O2. The summed E-state index contributed by atoms with van der Waals surface area (Å²) in [6.45, 7) is 9.75. The molecule has 0 aliphatic rings. The van der Waals surface area contributed by atoms with Gasteiger partial charge < -0.3 is 18.8 Å². The highest BCUT2D eigenvalue weighted by Gasteiger charge is 2.21. The highest BCUT2D eigenvalue weighted by Crippen LogP contribution is 2.26. The minimum atomic E-state index is -0.0568. The molecule has 7 heteroatoms. The van der Waals surface area contributed by atoms with Crippen LogP contribution in [-0.2, 0) is 11.3 Å². The van der Waals surface area contributed by atoms with Gasteiger partial charge in [0.15, 0.2) is 0 Å². The van der Waals surface area contributed by atoms with Crippen LogP contribution in [0.3, 0.4) is 0 Å². The smallest absolute Gasteiger partial charge is 0.254 e. The average Bonchev–Trinajstić information content (AvgIpc) is 3.30. The van der Waals surface area contributed by atoms with Crippen molar-refractivity contribution in [2.24, 2.45) is 0 Å². The predicted molar refractivity (Wildman–Crippen MR) is 137 cm³/mol. The molecule has 0 radical (unpaired) electrons. The Hall–Kier alpha value is -3.09. The average molecular weight is 479 g/mol. The standard InChI is InChI=1S/C27H31ClN4O2/c1-18(2)31-25-12-11-21(16-24(25)29-27(31)28)26(33)30(13-14-34-5)17-22-15-19(3)32(20(22)4)23-9-7-6-8-10-23/h6-12,15-16,18H,13-14,17H2,1-5H3. The summed E-state index contributed by atoms with van der Waals surface area (Å²) >= 11 is 6.36. The van der Waals surface area contributed by atoms with Gasteiger partial charge in [0.2, 0.25) is 5.28 Å². The van der Waals surface area contributed by atoms with Crippen molar-refractivity contribution in [1.82, 2.24) is 19.0 Å². The largest absolute Gasteiger partial charge is 0.383 e. The molecule has 0 aliphatic heterocycles. The molecule has 0 N–H and O–H groups in total. The third-order valence-corrected chi connectivity index (χ3v) is 6.44. The number of imidazole rings is 1. The second-order valence-corrected chi connectivity index (χ2v) is 9.17. The Balaban J connectivity index is 1.66. The van der Waals surface area contributed by atoms with Gasteiger partial charge in [-0.2, -0.15) is 0 Å². The molecule has 0 bridgehead atoms. The third-order valence-electron chi connectivity index (χ3n) is 6.17. The lowest BCUT2D eigenvalue weighted by molar-refractivity contribution is 0.0680. The number of carbonyl (C=O) groups is 1. The Morgan fingerprint density at radius 3 is 2.53 bits per heavy atom. The van der Waals surface area contributed by atoms with Crippen molar-refractivity contribution in [1.29, 1.82) is 0 Å². The minimum Gasteiger partial charge on any atom is -0.383 e. The molecular weight excluding hydrogens is 448 g/mol. The Kier molecular flexibility index (Phi) is 7.10. The van der Waals surface area contributed by atoms with Crippen molar-refractivity contribution in [2.75, 3.05) is 20.3 Å². The van der Waals surface area contributed by atoms with Crippen molar-refractivity contribution in [3.05, 3.63) is 82.4 Å². The van der Waals surface area contributed by atoms with Gasteiger partial charge in [-0.3, -0.25) is 4.79 Å². The molecule has 0 unspecified atom stereocenters. The summed E-state index contributed by atoms with van der Waals surface area (Å²) in [5.41, 5.74) is 6.71. The fraction of sp³-hybridized carbons (Fsp3) is 0.333. The fourth-order valence-corrected chi connectivity index (χ4v) is 4.88. The maximum atomic E-state index is 13.6. The van der Waals surface area contributed by atoms with Crippen LogP contribution in [0.5, 0.6) is 0 Å². The molecule has 0 aliphatic carbocycles. The summed E-state index contributed by atoms with van der Waals surface area (Å²) in [5.74, 6) is -0.0568. The summed E-state index contributed by atoms with van der Waals surface area (Å²) in [6, 6.07) is 18.2. The molecule has 2 aromatic heterocycles. The fourth-order valence-electron chi connectivity index (χ4n) is 4.50. The molecule has 34 heavy (non-hydrogen) atoms. The lowest BCUT2D eigenvalue weighted by atomic mass is 10.1. The summed E-state index contributed by atoms with van der Waals surface area (Å²) in [4.78, 5) is 19.9. The number of hydrogen-bond donors (Lipinski definition) is 0. The first-order valence-corrected chi connectivity index (χ1v) is 11.9. The van der Waals surface area contributed by atoms with E-state index in [2.05, 4.69) is 55.4 Å². The van der Waals surface area contributed by atoms with E-state index in [0.717, 1.165) is 33.7 Å². The molecule has 0 fully saturated rings. The molecule has 2 heterocycles. The van der Waals surface area contributed by atoms with Crippen LogP contribution in [-0.4, -0.2) is 45.2 Å². The topological polar surface area (TPSA) is 52.3 Å². The van der Waals surface area contributed by atoms with Gasteiger partial charge in [0.1, 0.15) is 0 Å². The van der Waals surface area contributed by atoms with E-state index in [1.54, 1.807) is 7.11 Å². The van der Waals surface area contributed by atoms with E-state index < -0.39 is 0 Å². The molecule has 0 atom stereocenters. The van der Waals surface area contributed by atoms with Crippen molar-refractivity contribution < 1.29 is 9.53 Å². The maximum Gasteiger partial charge on any atom is 0.254 e. The molecule has 4 aromatic rings. The molecule has 1 amide bonds. The van der Waals surface area contributed by atoms with Gasteiger partial charge in [-0.1, -0.05) is 18.2 Å². The highest BCUT2D eigenvalue weighted by molar-refractivity contribution is 6.29. The first-order valence-electron chi connectivity index (χ1n) is 11.5. The van der Waals surface area contributed by atoms with Crippen molar-refractivity contribution >= 4 is 28.5 Å². The first-order chi connectivity index (χ1) is 16.3.